The molecule has 0 saturated carbocycles. The molecule has 0 fully saturated rings. The molecule has 0 bridgehead atoms. The zero-order valence-corrected chi connectivity index (χ0v) is 18.0. The Morgan fingerprint density at radius 1 is 1.23 bits per heavy atom. The highest BCUT2D eigenvalue weighted by Gasteiger charge is 2.37. The maximum atomic E-state index is 13.8. The number of fused-ring (bicyclic) bond motifs is 1. The Balaban J connectivity index is 1.97. The SMILES string of the molecule is CCNC(=O)N[C@@H](C)[C@@H]1c2cc(OC)c(OC)cc2CC[NH+]1Cc1cccc(F)c1. The molecular formula is C23H31FN3O3+. The van der Waals surface area contributed by atoms with E-state index in [-0.39, 0.29) is 23.9 Å². The van der Waals surface area contributed by atoms with E-state index >= 15 is 0 Å². The van der Waals surface area contributed by atoms with Gasteiger partial charge in [-0.15, -0.1) is 0 Å². The lowest BCUT2D eigenvalue weighted by atomic mass is 9.87. The predicted molar refractivity (Wildman–Crippen MR) is 114 cm³/mol. The third-order valence-corrected chi connectivity index (χ3v) is 5.65. The second-order valence-electron chi connectivity index (χ2n) is 7.64. The lowest BCUT2D eigenvalue weighted by molar-refractivity contribution is -0.948. The second-order valence-corrected chi connectivity index (χ2v) is 7.64. The van der Waals surface area contributed by atoms with Gasteiger partial charge >= 0.3 is 6.03 Å². The summed E-state index contributed by atoms with van der Waals surface area (Å²) in [4.78, 5) is 13.5. The van der Waals surface area contributed by atoms with Crippen molar-refractivity contribution in [1.82, 2.24) is 10.6 Å². The minimum Gasteiger partial charge on any atom is -0.493 e. The molecule has 0 aromatic heterocycles. The van der Waals surface area contributed by atoms with Gasteiger partial charge in [-0.3, -0.25) is 0 Å². The van der Waals surface area contributed by atoms with Crippen molar-refractivity contribution in [3.63, 3.8) is 0 Å². The molecule has 3 N–H and O–H groups in total. The monoisotopic (exact) mass is 416 g/mol. The first-order chi connectivity index (χ1) is 14.5. The van der Waals surface area contributed by atoms with Crippen molar-refractivity contribution in [3.05, 3.63) is 58.9 Å². The molecule has 2 aromatic carbocycles. The van der Waals surface area contributed by atoms with E-state index in [0.717, 1.165) is 24.1 Å². The first kappa shape index (κ1) is 21.9. The number of ether oxygens (including phenoxy) is 2. The molecule has 0 radical (unpaired) electrons. The zero-order valence-electron chi connectivity index (χ0n) is 18.0. The van der Waals surface area contributed by atoms with Crippen molar-refractivity contribution < 1.29 is 23.6 Å². The van der Waals surface area contributed by atoms with Crippen LogP contribution in [0.5, 0.6) is 11.5 Å². The molecule has 0 aliphatic carbocycles. The summed E-state index contributed by atoms with van der Waals surface area (Å²) in [6, 6.07) is 10.4. The summed E-state index contributed by atoms with van der Waals surface area (Å²) in [6.45, 7) is 5.99. The van der Waals surface area contributed by atoms with Crippen molar-refractivity contribution in [3.8, 4) is 11.5 Å². The quantitative estimate of drug-likeness (QED) is 0.649. The van der Waals surface area contributed by atoms with Gasteiger partial charge < -0.3 is 25.0 Å². The number of hydrogen-bond acceptors (Lipinski definition) is 3. The van der Waals surface area contributed by atoms with Crippen LogP contribution in [0, 0.1) is 5.82 Å². The highest BCUT2D eigenvalue weighted by molar-refractivity contribution is 5.74. The van der Waals surface area contributed by atoms with Gasteiger partial charge in [-0.25, -0.2) is 9.18 Å². The Bertz CT molecular complexity index is 890. The fraction of sp³-hybridized carbons (Fsp3) is 0.435. The molecule has 0 saturated heterocycles. The normalized spacial score (nSPS) is 18.8. The smallest absolute Gasteiger partial charge is 0.315 e. The lowest BCUT2D eigenvalue weighted by Gasteiger charge is -2.38. The van der Waals surface area contributed by atoms with Crippen LogP contribution in [0.25, 0.3) is 0 Å². The van der Waals surface area contributed by atoms with Crippen molar-refractivity contribution in [2.45, 2.75) is 38.9 Å². The van der Waals surface area contributed by atoms with Gasteiger partial charge in [0.25, 0.3) is 0 Å². The lowest BCUT2D eigenvalue weighted by Crippen LogP contribution is -3.13. The molecule has 7 heteroatoms. The van der Waals surface area contributed by atoms with Gasteiger partial charge in [-0.05, 0) is 43.7 Å². The average molecular weight is 417 g/mol. The maximum Gasteiger partial charge on any atom is 0.315 e. The first-order valence-electron chi connectivity index (χ1n) is 10.3. The number of urea groups is 1. The van der Waals surface area contributed by atoms with E-state index in [2.05, 4.69) is 10.6 Å². The Hall–Kier alpha value is -2.80. The van der Waals surface area contributed by atoms with Crippen LogP contribution in [-0.4, -0.2) is 39.4 Å². The van der Waals surface area contributed by atoms with Gasteiger partial charge in [-0.1, -0.05) is 12.1 Å². The van der Waals surface area contributed by atoms with E-state index < -0.39 is 0 Å². The highest BCUT2D eigenvalue weighted by atomic mass is 19.1. The van der Waals surface area contributed by atoms with E-state index in [4.69, 9.17) is 9.47 Å². The molecule has 3 rings (SSSR count). The van der Waals surface area contributed by atoms with Gasteiger partial charge in [0.05, 0.1) is 26.8 Å². The van der Waals surface area contributed by atoms with Crippen LogP contribution in [0.3, 0.4) is 0 Å². The standard InChI is InChI=1S/C23H30FN3O3/c1-5-25-23(28)26-15(2)22-19-13-21(30-4)20(29-3)12-17(19)9-10-27(22)14-16-7-6-8-18(24)11-16/h6-8,11-13,15,22H,5,9-10,14H2,1-4H3,(H2,25,26,28)/p+1/t15-,22+/m0/s1. The van der Waals surface area contributed by atoms with Gasteiger partial charge in [0.1, 0.15) is 18.4 Å². The summed E-state index contributed by atoms with van der Waals surface area (Å²) in [6.07, 6.45) is 0.866. The van der Waals surface area contributed by atoms with Crippen LogP contribution in [0.2, 0.25) is 0 Å². The molecule has 0 spiro atoms. The summed E-state index contributed by atoms with van der Waals surface area (Å²) in [5, 5.41) is 5.87. The van der Waals surface area contributed by atoms with E-state index in [1.807, 2.05) is 32.0 Å². The Morgan fingerprint density at radius 3 is 2.63 bits per heavy atom. The van der Waals surface area contributed by atoms with Crippen LogP contribution in [0.4, 0.5) is 9.18 Å². The molecule has 6 nitrogen and oxygen atoms in total. The fourth-order valence-electron chi connectivity index (χ4n) is 4.35. The molecule has 1 aliphatic rings. The van der Waals surface area contributed by atoms with Crippen LogP contribution in [-0.2, 0) is 13.0 Å². The number of quaternary nitrogens is 1. The van der Waals surface area contributed by atoms with Crippen LogP contribution in [0.15, 0.2) is 36.4 Å². The van der Waals surface area contributed by atoms with Gasteiger partial charge in [-0.2, -0.15) is 0 Å². The molecule has 2 aromatic rings. The summed E-state index contributed by atoms with van der Waals surface area (Å²) >= 11 is 0. The van der Waals surface area contributed by atoms with Gasteiger partial charge in [0.2, 0.25) is 0 Å². The summed E-state index contributed by atoms with van der Waals surface area (Å²) < 4.78 is 24.8. The number of nitrogens with one attached hydrogen (secondary N) is 3. The summed E-state index contributed by atoms with van der Waals surface area (Å²) in [5.74, 6) is 1.13. The second kappa shape index (κ2) is 9.80. The molecule has 1 aliphatic heterocycles. The Kier molecular flexibility index (Phi) is 7.15. The van der Waals surface area contributed by atoms with Crippen molar-refractivity contribution in [2.75, 3.05) is 27.3 Å². The Labute approximate surface area is 177 Å². The van der Waals surface area contributed by atoms with Crippen LogP contribution >= 0.6 is 0 Å². The topological polar surface area (TPSA) is 64.0 Å². The van der Waals surface area contributed by atoms with Crippen LogP contribution < -0.4 is 25.0 Å². The zero-order chi connectivity index (χ0) is 21.7. The molecule has 1 heterocycles. The van der Waals surface area contributed by atoms with E-state index in [1.54, 1.807) is 26.4 Å². The molecule has 2 amide bonds. The van der Waals surface area contributed by atoms with Crippen molar-refractivity contribution in [2.24, 2.45) is 0 Å². The molecule has 3 atom stereocenters. The molecule has 1 unspecified atom stereocenters. The van der Waals surface area contributed by atoms with Gasteiger partial charge in [0, 0.05) is 24.1 Å². The fourth-order valence-corrected chi connectivity index (χ4v) is 4.35. The third kappa shape index (κ3) is 4.84. The number of benzene rings is 2. The van der Waals surface area contributed by atoms with Crippen molar-refractivity contribution in [1.29, 1.82) is 0 Å². The predicted octanol–water partition coefficient (Wildman–Crippen LogP) is 2.23. The van der Waals surface area contributed by atoms with Crippen LogP contribution in [0.1, 0.15) is 36.6 Å². The number of halogens is 1. The summed E-state index contributed by atoms with van der Waals surface area (Å²) in [5.41, 5.74) is 3.24. The molecular weight excluding hydrogens is 385 g/mol. The highest BCUT2D eigenvalue weighted by Crippen LogP contribution is 2.35. The minimum atomic E-state index is -0.235. The van der Waals surface area contributed by atoms with E-state index in [9.17, 15) is 9.18 Å². The number of hydrogen-bond donors (Lipinski definition) is 3. The maximum absolute atomic E-state index is 13.8. The Morgan fingerprint density at radius 2 is 1.97 bits per heavy atom. The van der Waals surface area contributed by atoms with Gasteiger partial charge in [0.15, 0.2) is 11.5 Å². The van der Waals surface area contributed by atoms with E-state index in [1.165, 1.54) is 16.5 Å². The number of amides is 2. The minimum absolute atomic E-state index is 0.0144. The number of methoxy groups -OCH3 is 2. The van der Waals surface area contributed by atoms with Crippen molar-refractivity contribution >= 4 is 6.03 Å². The number of rotatable bonds is 7. The average Bonchev–Trinajstić information content (AvgIpc) is 2.72. The molecule has 162 valence electrons. The molecule has 30 heavy (non-hydrogen) atoms. The number of carbonyl (C=O) groups excluding carboxylic acids is 1. The first-order valence-corrected chi connectivity index (χ1v) is 10.3. The largest absolute Gasteiger partial charge is 0.493 e. The third-order valence-electron chi connectivity index (χ3n) is 5.65. The van der Waals surface area contributed by atoms with E-state index in [0.29, 0.717) is 24.6 Å². The number of carbonyl (C=O) groups is 1. The summed E-state index contributed by atoms with van der Waals surface area (Å²) in [7, 11) is 3.25.